The second kappa shape index (κ2) is 9.79. The van der Waals surface area contributed by atoms with Gasteiger partial charge in [0.15, 0.2) is 0 Å². The third-order valence-electron chi connectivity index (χ3n) is 7.42. The van der Waals surface area contributed by atoms with Gasteiger partial charge in [0.25, 0.3) is 0 Å². The number of aliphatic hydroxyl groups is 1. The molecule has 0 amide bonds. The fourth-order valence-electron chi connectivity index (χ4n) is 5.60. The maximum absolute atomic E-state index is 9.47. The first-order valence-electron chi connectivity index (χ1n) is 13.2. The zero-order chi connectivity index (χ0) is 26.2. The summed E-state index contributed by atoms with van der Waals surface area (Å²) >= 11 is 0. The molecule has 0 aliphatic rings. The number of hydrogen-bond donors (Lipinski definition) is 1. The predicted octanol–water partition coefficient (Wildman–Crippen LogP) is 9.13. The van der Waals surface area contributed by atoms with Gasteiger partial charge in [-0.15, -0.1) is 0 Å². The number of anilines is 3. The number of benzene rings is 7. The molecule has 0 unspecified atom stereocenters. The van der Waals surface area contributed by atoms with E-state index in [4.69, 9.17) is 4.74 Å². The predicted molar refractivity (Wildman–Crippen MR) is 162 cm³/mol. The van der Waals surface area contributed by atoms with Crippen LogP contribution in [0.3, 0.4) is 0 Å². The quantitative estimate of drug-likeness (QED) is 0.219. The van der Waals surface area contributed by atoms with Crippen LogP contribution in [0.1, 0.15) is 11.1 Å². The van der Waals surface area contributed by atoms with Crippen LogP contribution < -0.4 is 9.64 Å². The van der Waals surface area contributed by atoms with E-state index in [1.807, 2.05) is 24.3 Å². The van der Waals surface area contributed by atoms with E-state index in [-0.39, 0.29) is 6.61 Å². The zero-order valence-electron chi connectivity index (χ0n) is 21.4. The summed E-state index contributed by atoms with van der Waals surface area (Å²) in [5, 5.41) is 17.1. The van der Waals surface area contributed by atoms with Crippen LogP contribution in [-0.2, 0) is 13.2 Å². The first-order chi connectivity index (χ1) is 19.3. The van der Waals surface area contributed by atoms with E-state index in [0.29, 0.717) is 6.61 Å². The molecule has 7 aromatic rings. The Morgan fingerprint density at radius 1 is 0.538 bits per heavy atom. The number of hydrogen-bond acceptors (Lipinski definition) is 3. The highest BCUT2D eigenvalue weighted by atomic mass is 16.5. The lowest BCUT2D eigenvalue weighted by atomic mass is 9.93. The monoisotopic (exact) mass is 505 g/mol. The van der Waals surface area contributed by atoms with Crippen molar-refractivity contribution in [3.05, 3.63) is 145 Å². The van der Waals surface area contributed by atoms with Crippen LogP contribution in [0.15, 0.2) is 133 Å². The molecule has 0 aromatic heterocycles. The Bertz CT molecular complexity index is 1900. The number of rotatable bonds is 7. The fraction of sp³-hybridized carbons (Fsp3) is 0.0556. The summed E-state index contributed by atoms with van der Waals surface area (Å²) < 4.78 is 6.10. The molecule has 0 aliphatic carbocycles. The molecule has 0 bridgehead atoms. The molecule has 1 N–H and O–H groups in total. The van der Waals surface area contributed by atoms with Crippen molar-refractivity contribution in [1.82, 2.24) is 0 Å². The third-order valence-corrected chi connectivity index (χ3v) is 7.42. The number of aliphatic hydroxyl groups excluding tert-OH is 1. The van der Waals surface area contributed by atoms with Crippen molar-refractivity contribution in [2.45, 2.75) is 13.2 Å². The molecule has 0 saturated carbocycles. The van der Waals surface area contributed by atoms with E-state index in [0.717, 1.165) is 33.9 Å². The Balaban J connectivity index is 1.35. The molecule has 0 aliphatic heterocycles. The van der Waals surface area contributed by atoms with E-state index in [1.165, 1.54) is 32.3 Å². The molecule has 3 nitrogen and oxygen atoms in total. The maximum atomic E-state index is 9.47. The smallest absolute Gasteiger partial charge is 0.120 e. The maximum Gasteiger partial charge on any atom is 0.120 e. The minimum Gasteiger partial charge on any atom is -0.489 e. The van der Waals surface area contributed by atoms with Crippen LogP contribution in [0.2, 0.25) is 0 Å². The second-order valence-corrected chi connectivity index (χ2v) is 9.88. The van der Waals surface area contributed by atoms with Crippen molar-refractivity contribution in [3.63, 3.8) is 0 Å². The van der Waals surface area contributed by atoms with Crippen molar-refractivity contribution in [2.75, 3.05) is 4.90 Å². The van der Waals surface area contributed by atoms with E-state index in [1.54, 1.807) is 0 Å². The first kappa shape index (κ1) is 23.3. The lowest BCUT2D eigenvalue weighted by molar-refractivity contribution is 0.278. The van der Waals surface area contributed by atoms with E-state index in [9.17, 15) is 5.11 Å². The molecule has 188 valence electrons. The van der Waals surface area contributed by atoms with Crippen LogP contribution in [-0.4, -0.2) is 5.11 Å². The van der Waals surface area contributed by atoms with Crippen molar-refractivity contribution < 1.29 is 9.84 Å². The van der Waals surface area contributed by atoms with Gasteiger partial charge in [0, 0.05) is 16.8 Å². The summed E-state index contributed by atoms with van der Waals surface area (Å²) in [5.41, 5.74) is 5.22. The SMILES string of the molecule is OCc1cccc(OCc2cccc(N(c3ccccc3)c3ccc4ccc5cccc6ccc3c4c56)c2)c1. The largest absolute Gasteiger partial charge is 0.489 e. The average molecular weight is 506 g/mol. The lowest BCUT2D eigenvalue weighted by Crippen LogP contribution is -2.11. The molecule has 0 radical (unpaired) electrons. The molecule has 0 fully saturated rings. The van der Waals surface area contributed by atoms with Gasteiger partial charge in [0.05, 0.1) is 12.3 Å². The van der Waals surface area contributed by atoms with E-state index < -0.39 is 0 Å². The van der Waals surface area contributed by atoms with E-state index in [2.05, 4.69) is 114 Å². The van der Waals surface area contributed by atoms with Crippen LogP contribution in [0.25, 0.3) is 32.3 Å². The van der Waals surface area contributed by atoms with Gasteiger partial charge in [0.2, 0.25) is 0 Å². The highest BCUT2D eigenvalue weighted by Gasteiger charge is 2.18. The molecular formula is C36H27NO2. The Labute approximate surface area is 227 Å². The molecule has 39 heavy (non-hydrogen) atoms. The van der Waals surface area contributed by atoms with Gasteiger partial charge in [-0.2, -0.15) is 0 Å². The summed E-state index contributed by atoms with van der Waals surface area (Å²) in [6, 6.07) is 46.6. The van der Waals surface area contributed by atoms with Crippen LogP contribution >= 0.6 is 0 Å². The summed E-state index contributed by atoms with van der Waals surface area (Å²) in [6.45, 7) is 0.432. The van der Waals surface area contributed by atoms with Gasteiger partial charge in [0.1, 0.15) is 12.4 Å². The highest BCUT2D eigenvalue weighted by molar-refractivity contribution is 6.25. The van der Waals surface area contributed by atoms with Crippen molar-refractivity contribution in [3.8, 4) is 5.75 Å². The molecule has 0 heterocycles. The van der Waals surface area contributed by atoms with Gasteiger partial charge in [-0.3, -0.25) is 0 Å². The molecule has 7 rings (SSSR count). The Hall–Kier alpha value is -4.86. The third kappa shape index (κ3) is 4.23. The number of para-hydroxylation sites is 1. The molecule has 0 saturated heterocycles. The van der Waals surface area contributed by atoms with Crippen LogP contribution in [0, 0.1) is 0 Å². The van der Waals surface area contributed by atoms with Crippen LogP contribution in [0.5, 0.6) is 5.75 Å². The van der Waals surface area contributed by atoms with Crippen LogP contribution in [0.4, 0.5) is 17.1 Å². The Kier molecular flexibility index (Phi) is 5.84. The summed E-state index contributed by atoms with van der Waals surface area (Å²) in [7, 11) is 0. The number of nitrogens with zero attached hydrogens (tertiary/aromatic N) is 1. The molecule has 3 heteroatoms. The minimum atomic E-state index is -0.00195. The molecule has 0 atom stereocenters. The fourth-order valence-corrected chi connectivity index (χ4v) is 5.60. The summed E-state index contributed by atoms with van der Waals surface area (Å²) in [5.74, 6) is 0.749. The zero-order valence-corrected chi connectivity index (χ0v) is 21.4. The van der Waals surface area contributed by atoms with Crippen molar-refractivity contribution in [2.24, 2.45) is 0 Å². The van der Waals surface area contributed by atoms with Gasteiger partial charge in [-0.25, -0.2) is 0 Å². The molecule has 7 aromatic carbocycles. The van der Waals surface area contributed by atoms with Crippen molar-refractivity contribution >= 4 is 49.4 Å². The highest BCUT2D eigenvalue weighted by Crippen LogP contribution is 2.43. The summed E-state index contributed by atoms with van der Waals surface area (Å²) in [6.07, 6.45) is 0. The molecule has 0 spiro atoms. The molecular weight excluding hydrogens is 478 g/mol. The normalized spacial score (nSPS) is 11.4. The second-order valence-electron chi connectivity index (χ2n) is 9.88. The minimum absolute atomic E-state index is 0.00195. The standard InChI is InChI=1S/C36H27NO2/c38-23-25-7-5-14-32(22-25)39-24-26-8-4-13-31(21-26)37(30-11-2-1-3-12-30)34-20-18-29-16-15-27-9-6-10-28-17-19-33(34)36(29)35(27)28/h1-22,38H,23-24H2. The Morgan fingerprint density at radius 3 is 2.03 bits per heavy atom. The van der Waals surface area contributed by atoms with Gasteiger partial charge >= 0.3 is 0 Å². The van der Waals surface area contributed by atoms with Gasteiger partial charge in [-0.1, -0.05) is 91.0 Å². The van der Waals surface area contributed by atoms with Gasteiger partial charge < -0.3 is 14.7 Å². The lowest BCUT2D eigenvalue weighted by Gasteiger charge is -2.28. The average Bonchev–Trinajstić information content (AvgIpc) is 3.00. The first-order valence-corrected chi connectivity index (χ1v) is 13.2. The van der Waals surface area contributed by atoms with Gasteiger partial charge in [-0.05, 0) is 80.5 Å². The van der Waals surface area contributed by atoms with Crippen molar-refractivity contribution in [1.29, 1.82) is 0 Å². The summed E-state index contributed by atoms with van der Waals surface area (Å²) in [4.78, 5) is 2.34. The topological polar surface area (TPSA) is 32.7 Å². The van der Waals surface area contributed by atoms with E-state index >= 15 is 0 Å². The number of ether oxygens (including phenoxy) is 1. The Morgan fingerprint density at radius 2 is 1.21 bits per heavy atom.